The summed E-state index contributed by atoms with van der Waals surface area (Å²) in [5.41, 5.74) is 2.90. The van der Waals surface area contributed by atoms with Crippen molar-refractivity contribution in [1.82, 2.24) is 0 Å². The molecular weight excluding hydrogens is 448 g/mol. The number of hydrogen-bond donors (Lipinski definition) is 2. The number of phenols is 1. The smallest absolute Gasteiger partial charge is 0.310 e. The Morgan fingerprint density at radius 3 is 2.63 bits per heavy atom. The van der Waals surface area contributed by atoms with Gasteiger partial charge in [-0.1, -0.05) is 12.1 Å². The molecule has 0 radical (unpaired) electrons. The molecule has 0 fully saturated rings. The molecule has 0 saturated heterocycles. The molecule has 0 unspecified atom stereocenters. The first-order valence-electron chi connectivity index (χ1n) is 11.2. The monoisotopic (exact) mass is 476 g/mol. The highest BCUT2D eigenvalue weighted by Crippen LogP contribution is 2.32. The zero-order chi connectivity index (χ0) is 24.9. The number of aryl methyl sites for hydroxylation is 1. The lowest BCUT2D eigenvalue weighted by molar-refractivity contribution is -0.139. The third-order valence-corrected chi connectivity index (χ3v) is 5.80. The average molecular weight is 477 g/mol. The molecule has 2 N–H and O–H groups in total. The van der Waals surface area contributed by atoms with Gasteiger partial charge in [0, 0.05) is 23.9 Å². The number of para-hydroxylation sites is 2. The van der Waals surface area contributed by atoms with E-state index in [9.17, 15) is 14.7 Å². The van der Waals surface area contributed by atoms with Crippen molar-refractivity contribution in [3.8, 4) is 17.2 Å². The van der Waals surface area contributed by atoms with Crippen LogP contribution in [0.25, 0.3) is 0 Å². The first kappa shape index (κ1) is 23.9. The Morgan fingerprint density at radius 2 is 1.89 bits per heavy atom. The number of rotatable bonds is 7. The van der Waals surface area contributed by atoms with Crippen LogP contribution in [0.3, 0.4) is 0 Å². The van der Waals surface area contributed by atoms with Gasteiger partial charge in [-0.2, -0.15) is 0 Å². The minimum atomic E-state index is -0.478. The summed E-state index contributed by atoms with van der Waals surface area (Å²) in [6.45, 7) is 2.78. The van der Waals surface area contributed by atoms with Gasteiger partial charge in [0.25, 0.3) is 5.91 Å². The van der Waals surface area contributed by atoms with Crippen LogP contribution in [0.5, 0.6) is 17.2 Å². The van der Waals surface area contributed by atoms with Crippen LogP contribution >= 0.6 is 0 Å². The van der Waals surface area contributed by atoms with Crippen molar-refractivity contribution < 1.29 is 28.9 Å². The van der Waals surface area contributed by atoms with E-state index >= 15 is 0 Å². The van der Waals surface area contributed by atoms with E-state index in [4.69, 9.17) is 9.47 Å². The SMILES string of the molecule is COC(=O)Cc1cc(NC(=O)c2ccc(OC[C@@H]3CN(C)c4ccccc4O3)cc2)cc(C)c1O. The number of aromatic hydroxyl groups is 1. The summed E-state index contributed by atoms with van der Waals surface area (Å²) in [5.74, 6) is 0.674. The number of methoxy groups -OCH3 is 1. The Balaban J connectivity index is 1.36. The Morgan fingerprint density at radius 1 is 1.14 bits per heavy atom. The fraction of sp³-hybridized carbons (Fsp3) is 0.259. The number of fused-ring (bicyclic) bond motifs is 1. The number of amides is 1. The van der Waals surface area contributed by atoms with E-state index in [1.807, 2.05) is 31.3 Å². The van der Waals surface area contributed by atoms with E-state index < -0.39 is 5.97 Å². The molecule has 8 heteroatoms. The van der Waals surface area contributed by atoms with Crippen molar-refractivity contribution in [2.75, 3.05) is 37.5 Å². The van der Waals surface area contributed by atoms with E-state index in [0.717, 1.165) is 11.4 Å². The summed E-state index contributed by atoms with van der Waals surface area (Å²) >= 11 is 0. The van der Waals surface area contributed by atoms with Crippen molar-refractivity contribution in [3.05, 3.63) is 77.4 Å². The average Bonchev–Trinajstić information content (AvgIpc) is 2.86. The molecular formula is C27H28N2O6. The van der Waals surface area contributed by atoms with Gasteiger partial charge in [-0.15, -0.1) is 0 Å². The van der Waals surface area contributed by atoms with Gasteiger partial charge in [-0.05, 0) is 61.0 Å². The maximum atomic E-state index is 12.7. The minimum Gasteiger partial charge on any atom is -0.507 e. The number of anilines is 2. The molecule has 0 aromatic heterocycles. The number of esters is 1. The lowest BCUT2D eigenvalue weighted by Gasteiger charge is -2.33. The van der Waals surface area contributed by atoms with Crippen molar-refractivity contribution in [2.24, 2.45) is 0 Å². The van der Waals surface area contributed by atoms with E-state index in [0.29, 0.717) is 41.3 Å². The third kappa shape index (κ3) is 5.66. The summed E-state index contributed by atoms with van der Waals surface area (Å²) in [7, 11) is 3.31. The van der Waals surface area contributed by atoms with E-state index in [2.05, 4.69) is 15.0 Å². The zero-order valence-electron chi connectivity index (χ0n) is 19.9. The minimum absolute atomic E-state index is 0.00604. The molecule has 1 aliphatic rings. The standard InChI is InChI=1S/C27H28N2O6/c1-17-12-20(13-19(26(17)31)14-25(30)33-3)28-27(32)18-8-10-21(11-9-18)34-16-22-15-29(2)23-6-4-5-7-24(23)35-22/h4-13,22,31H,14-16H2,1-3H3,(H,28,32)/t22-/m0/s1. The number of carbonyl (C=O) groups is 2. The first-order valence-corrected chi connectivity index (χ1v) is 11.2. The van der Waals surface area contributed by atoms with Crippen molar-refractivity contribution in [2.45, 2.75) is 19.4 Å². The topological polar surface area (TPSA) is 97.3 Å². The molecule has 0 bridgehead atoms. The van der Waals surface area contributed by atoms with Crippen LogP contribution in [0, 0.1) is 6.92 Å². The summed E-state index contributed by atoms with van der Waals surface area (Å²) in [5, 5.41) is 13.0. The van der Waals surface area contributed by atoms with Gasteiger partial charge < -0.3 is 29.5 Å². The molecule has 0 saturated carbocycles. The molecule has 1 amide bonds. The van der Waals surface area contributed by atoms with Gasteiger partial charge in [-0.25, -0.2) is 0 Å². The number of nitrogens with zero attached hydrogens (tertiary/aromatic N) is 1. The number of nitrogens with one attached hydrogen (secondary N) is 1. The zero-order valence-corrected chi connectivity index (χ0v) is 19.9. The van der Waals surface area contributed by atoms with Crippen LogP contribution < -0.4 is 19.7 Å². The van der Waals surface area contributed by atoms with Crippen molar-refractivity contribution in [3.63, 3.8) is 0 Å². The highest BCUT2D eigenvalue weighted by Gasteiger charge is 2.23. The second-order valence-electron chi connectivity index (χ2n) is 8.43. The largest absolute Gasteiger partial charge is 0.507 e. The number of benzene rings is 3. The second-order valence-corrected chi connectivity index (χ2v) is 8.43. The predicted molar refractivity (Wildman–Crippen MR) is 133 cm³/mol. The van der Waals surface area contributed by atoms with Crippen molar-refractivity contribution >= 4 is 23.3 Å². The quantitative estimate of drug-likeness (QED) is 0.394. The molecule has 0 spiro atoms. The number of phenolic OH excluding ortho intramolecular Hbond substituents is 1. The van der Waals surface area contributed by atoms with Gasteiger partial charge in [-0.3, -0.25) is 9.59 Å². The number of carbonyl (C=O) groups excluding carboxylic acids is 2. The maximum absolute atomic E-state index is 12.7. The third-order valence-electron chi connectivity index (χ3n) is 5.80. The molecule has 1 atom stereocenters. The van der Waals surface area contributed by atoms with Gasteiger partial charge in [0.1, 0.15) is 30.0 Å². The Hall–Kier alpha value is -4.20. The number of likely N-dealkylation sites (N-methyl/N-ethyl adjacent to an activating group) is 1. The summed E-state index contributed by atoms with van der Waals surface area (Å²) < 4.78 is 16.6. The Kier molecular flexibility index (Phi) is 7.10. The van der Waals surface area contributed by atoms with Crippen LogP contribution in [-0.4, -0.2) is 50.4 Å². The molecule has 4 rings (SSSR count). The van der Waals surface area contributed by atoms with Gasteiger partial charge in [0.2, 0.25) is 0 Å². The summed E-state index contributed by atoms with van der Waals surface area (Å²) in [6.07, 6.45) is -0.208. The van der Waals surface area contributed by atoms with E-state index in [1.165, 1.54) is 7.11 Å². The van der Waals surface area contributed by atoms with E-state index in [-0.39, 0.29) is 24.2 Å². The Labute approximate surface area is 204 Å². The molecule has 8 nitrogen and oxygen atoms in total. The van der Waals surface area contributed by atoms with Crippen LogP contribution in [-0.2, 0) is 16.0 Å². The van der Waals surface area contributed by atoms with Crippen LogP contribution in [0.1, 0.15) is 21.5 Å². The maximum Gasteiger partial charge on any atom is 0.310 e. The highest BCUT2D eigenvalue weighted by atomic mass is 16.5. The van der Waals surface area contributed by atoms with Crippen LogP contribution in [0.4, 0.5) is 11.4 Å². The highest BCUT2D eigenvalue weighted by molar-refractivity contribution is 6.04. The molecule has 35 heavy (non-hydrogen) atoms. The molecule has 1 aliphatic heterocycles. The fourth-order valence-electron chi connectivity index (χ4n) is 3.96. The summed E-state index contributed by atoms with van der Waals surface area (Å²) in [4.78, 5) is 26.5. The van der Waals surface area contributed by atoms with Crippen LogP contribution in [0.15, 0.2) is 60.7 Å². The lowest BCUT2D eigenvalue weighted by atomic mass is 10.1. The van der Waals surface area contributed by atoms with Crippen molar-refractivity contribution in [1.29, 1.82) is 0 Å². The molecule has 3 aromatic carbocycles. The molecule has 0 aliphatic carbocycles. The van der Waals surface area contributed by atoms with Crippen LogP contribution in [0.2, 0.25) is 0 Å². The molecule has 182 valence electrons. The van der Waals surface area contributed by atoms with Gasteiger partial charge in [0.05, 0.1) is 25.8 Å². The molecule has 3 aromatic rings. The second kappa shape index (κ2) is 10.4. The Bertz CT molecular complexity index is 1220. The van der Waals surface area contributed by atoms with Gasteiger partial charge in [0.15, 0.2) is 0 Å². The normalized spacial score (nSPS) is 14.5. The first-order chi connectivity index (χ1) is 16.8. The van der Waals surface area contributed by atoms with Gasteiger partial charge >= 0.3 is 5.97 Å². The number of hydrogen-bond acceptors (Lipinski definition) is 7. The summed E-state index contributed by atoms with van der Waals surface area (Å²) in [6, 6.07) is 17.9. The predicted octanol–water partition coefficient (Wildman–Crippen LogP) is 3.94. The number of ether oxygens (including phenoxy) is 3. The van der Waals surface area contributed by atoms with E-state index in [1.54, 1.807) is 43.3 Å². The molecule has 1 heterocycles. The lowest BCUT2D eigenvalue weighted by Crippen LogP contribution is -2.41. The fourth-order valence-corrected chi connectivity index (χ4v) is 3.96.